The van der Waals surface area contributed by atoms with Crippen LogP contribution in [0.15, 0.2) is 46.9 Å². The molecule has 0 saturated heterocycles. The quantitative estimate of drug-likeness (QED) is 0.835. The molecular weight excluding hydrogens is 299 g/mol. The Morgan fingerprint density at radius 3 is 2.61 bits per heavy atom. The summed E-state index contributed by atoms with van der Waals surface area (Å²) in [4.78, 5) is 12.0. The first-order valence-corrected chi connectivity index (χ1v) is 5.98. The fourth-order valence-electron chi connectivity index (χ4n) is 1.47. The summed E-state index contributed by atoms with van der Waals surface area (Å²) in [6.45, 7) is 0. The van der Waals surface area contributed by atoms with Crippen LogP contribution >= 0.6 is 15.9 Å². The average molecular weight is 309 g/mol. The molecule has 2 aromatic rings. The largest absolute Gasteiger partial charge is 0.397 e. The Labute approximate surface area is 112 Å². The molecule has 18 heavy (non-hydrogen) atoms. The molecule has 1 amide bonds. The summed E-state index contributed by atoms with van der Waals surface area (Å²) in [5.41, 5.74) is 7.07. The molecular formula is C13H10BrFN2O. The molecule has 0 fully saturated rings. The Morgan fingerprint density at radius 1 is 1.22 bits per heavy atom. The van der Waals surface area contributed by atoms with Crippen molar-refractivity contribution in [2.24, 2.45) is 0 Å². The number of halogens is 2. The van der Waals surface area contributed by atoms with E-state index in [1.165, 1.54) is 18.2 Å². The molecule has 5 heteroatoms. The summed E-state index contributed by atoms with van der Waals surface area (Å²) in [6.07, 6.45) is 0. The van der Waals surface area contributed by atoms with Gasteiger partial charge in [0.15, 0.2) is 0 Å². The highest BCUT2D eigenvalue weighted by Crippen LogP contribution is 2.22. The van der Waals surface area contributed by atoms with Crippen molar-refractivity contribution in [1.29, 1.82) is 0 Å². The van der Waals surface area contributed by atoms with Gasteiger partial charge in [0.1, 0.15) is 5.82 Å². The molecule has 2 rings (SSSR count). The van der Waals surface area contributed by atoms with Crippen LogP contribution in [0.4, 0.5) is 15.8 Å². The molecule has 0 bridgehead atoms. The summed E-state index contributed by atoms with van der Waals surface area (Å²) in [6, 6.07) is 10.8. The Hall–Kier alpha value is -1.88. The van der Waals surface area contributed by atoms with Gasteiger partial charge in [-0.15, -0.1) is 0 Å². The van der Waals surface area contributed by atoms with Crippen LogP contribution < -0.4 is 11.1 Å². The maximum absolute atomic E-state index is 12.9. The van der Waals surface area contributed by atoms with Gasteiger partial charge in [-0.1, -0.05) is 12.1 Å². The number of anilines is 2. The number of hydrogen-bond acceptors (Lipinski definition) is 2. The van der Waals surface area contributed by atoms with E-state index in [1.807, 2.05) is 0 Å². The zero-order chi connectivity index (χ0) is 13.1. The van der Waals surface area contributed by atoms with Gasteiger partial charge < -0.3 is 11.1 Å². The second-order valence-corrected chi connectivity index (χ2v) is 4.52. The predicted octanol–water partition coefficient (Wildman–Crippen LogP) is 3.42. The van der Waals surface area contributed by atoms with Gasteiger partial charge in [0, 0.05) is 4.47 Å². The van der Waals surface area contributed by atoms with Crippen molar-refractivity contribution >= 4 is 33.2 Å². The lowest BCUT2D eigenvalue weighted by Gasteiger charge is -2.09. The van der Waals surface area contributed by atoms with E-state index in [-0.39, 0.29) is 5.91 Å². The maximum Gasteiger partial charge on any atom is 0.256 e. The van der Waals surface area contributed by atoms with Crippen molar-refractivity contribution in [1.82, 2.24) is 0 Å². The second-order valence-electron chi connectivity index (χ2n) is 3.67. The minimum Gasteiger partial charge on any atom is -0.397 e. The Morgan fingerprint density at radius 2 is 1.94 bits per heavy atom. The van der Waals surface area contributed by atoms with E-state index in [4.69, 9.17) is 5.73 Å². The van der Waals surface area contributed by atoms with Crippen molar-refractivity contribution in [2.45, 2.75) is 0 Å². The van der Waals surface area contributed by atoms with Gasteiger partial charge in [0.05, 0.1) is 16.9 Å². The maximum atomic E-state index is 12.9. The standard InChI is InChI=1S/C13H10BrFN2O/c14-10-7-8(15)5-6-9(10)13(18)17-12-4-2-1-3-11(12)16/h1-7H,16H2,(H,17,18). The molecule has 0 aromatic heterocycles. The highest BCUT2D eigenvalue weighted by molar-refractivity contribution is 9.10. The number of carbonyl (C=O) groups is 1. The third-order valence-corrected chi connectivity index (χ3v) is 3.04. The Kier molecular flexibility index (Phi) is 3.62. The van der Waals surface area contributed by atoms with Crippen molar-refractivity contribution in [3.63, 3.8) is 0 Å². The smallest absolute Gasteiger partial charge is 0.256 e. The van der Waals surface area contributed by atoms with Crippen LogP contribution in [-0.2, 0) is 0 Å². The predicted molar refractivity (Wildman–Crippen MR) is 72.9 cm³/mol. The van der Waals surface area contributed by atoms with Crippen molar-refractivity contribution in [3.8, 4) is 0 Å². The fourth-order valence-corrected chi connectivity index (χ4v) is 2.01. The molecule has 3 N–H and O–H groups in total. The van der Waals surface area contributed by atoms with E-state index in [9.17, 15) is 9.18 Å². The third-order valence-electron chi connectivity index (χ3n) is 2.38. The number of carbonyl (C=O) groups excluding carboxylic acids is 1. The van der Waals surface area contributed by atoms with Gasteiger partial charge in [-0.05, 0) is 46.3 Å². The van der Waals surface area contributed by atoms with Crippen LogP contribution in [0, 0.1) is 5.82 Å². The van der Waals surface area contributed by atoms with E-state index >= 15 is 0 Å². The van der Waals surface area contributed by atoms with Crippen molar-refractivity contribution < 1.29 is 9.18 Å². The fraction of sp³-hybridized carbons (Fsp3) is 0. The minimum absolute atomic E-state index is 0.347. The van der Waals surface area contributed by atoms with E-state index in [1.54, 1.807) is 24.3 Å². The van der Waals surface area contributed by atoms with Crippen LogP contribution in [0.5, 0.6) is 0 Å². The van der Waals surface area contributed by atoms with E-state index in [0.29, 0.717) is 21.4 Å². The highest BCUT2D eigenvalue weighted by Gasteiger charge is 2.11. The molecule has 0 aliphatic carbocycles. The number of hydrogen-bond donors (Lipinski definition) is 2. The molecule has 0 atom stereocenters. The molecule has 0 aliphatic rings. The number of nitrogen functional groups attached to an aromatic ring is 1. The molecule has 0 unspecified atom stereocenters. The van der Waals surface area contributed by atoms with E-state index in [2.05, 4.69) is 21.2 Å². The zero-order valence-corrected chi connectivity index (χ0v) is 10.9. The molecule has 0 spiro atoms. The van der Waals surface area contributed by atoms with Crippen LogP contribution in [0.25, 0.3) is 0 Å². The summed E-state index contributed by atoms with van der Waals surface area (Å²) < 4.78 is 13.3. The topological polar surface area (TPSA) is 55.1 Å². The average Bonchev–Trinajstić information content (AvgIpc) is 2.32. The van der Waals surface area contributed by atoms with Gasteiger partial charge in [0.25, 0.3) is 5.91 Å². The molecule has 2 aromatic carbocycles. The summed E-state index contributed by atoms with van der Waals surface area (Å²) in [5, 5.41) is 2.67. The molecule has 0 saturated carbocycles. The van der Waals surface area contributed by atoms with Crippen molar-refractivity contribution in [3.05, 3.63) is 58.3 Å². The third kappa shape index (κ3) is 2.68. The molecule has 3 nitrogen and oxygen atoms in total. The number of amides is 1. The van der Waals surface area contributed by atoms with Crippen molar-refractivity contribution in [2.75, 3.05) is 11.1 Å². The first-order valence-electron chi connectivity index (χ1n) is 5.19. The van der Waals surface area contributed by atoms with Crippen LogP contribution in [0.2, 0.25) is 0 Å². The van der Waals surface area contributed by atoms with Gasteiger partial charge in [-0.3, -0.25) is 4.79 Å². The lowest BCUT2D eigenvalue weighted by atomic mass is 10.2. The first kappa shape index (κ1) is 12.6. The van der Waals surface area contributed by atoms with Crippen LogP contribution in [0.3, 0.4) is 0 Å². The SMILES string of the molecule is Nc1ccccc1NC(=O)c1ccc(F)cc1Br. The summed E-state index contributed by atoms with van der Waals surface area (Å²) in [5.74, 6) is -0.752. The second kappa shape index (κ2) is 5.18. The number of para-hydroxylation sites is 2. The summed E-state index contributed by atoms with van der Waals surface area (Å²) in [7, 11) is 0. The van der Waals surface area contributed by atoms with E-state index < -0.39 is 5.82 Å². The lowest BCUT2D eigenvalue weighted by molar-refractivity contribution is 0.102. The highest BCUT2D eigenvalue weighted by atomic mass is 79.9. The monoisotopic (exact) mass is 308 g/mol. The van der Waals surface area contributed by atoms with Gasteiger partial charge in [-0.2, -0.15) is 0 Å². The van der Waals surface area contributed by atoms with Gasteiger partial charge in [-0.25, -0.2) is 4.39 Å². The first-order chi connectivity index (χ1) is 8.58. The van der Waals surface area contributed by atoms with Gasteiger partial charge >= 0.3 is 0 Å². The number of rotatable bonds is 2. The molecule has 0 aliphatic heterocycles. The summed E-state index contributed by atoms with van der Waals surface area (Å²) >= 11 is 3.15. The van der Waals surface area contributed by atoms with Crippen LogP contribution in [-0.4, -0.2) is 5.91 Å². The Bertz CT molecular complexity index is 601. The van der Waals surface area contributed by atoms with E-state index in [0.717, 1.165) is 0 Å². The molecule has 0 heterocycles. The normalized spacial score (nSPS) is 10.1. The lowest BCUT2D eigenvalue weighted by Crippen LogP contribution is -2.13. The minimum atomic E-state index is -0.405. The zero-order valence-electron chi connectivity index (χ0n) is 9.28. The Balaban J connectivity index is 2.25. The molecule has 92 valence electrons. The number of nitrogens with two attached hydrogens (primary N) is 1. The number of benzene rings is 2. The molecule has 0 radical (unpaired) electrons. The van der Waals surface area contributed by atoms with Gasteiger partial charge in [0.2, 0.25) is 0 Å². The van der Waals surface area contributed by atoms with Crippen LogP contribution in [0.1, 0.15) is 10.4 Å². The number of nitrogens with one attached hydrogen (secondary N) is 1.